The lowest BCUT2D eigenvalue weighted by atomic mass is 9.53. The average molecular weight is 320 g/mol. The number of nitrogens with zero attached hydrogens (tertiary/aromatic N) is 3. The SMILES string of the molecule is C[C@H](Sc1nncn1C)C(=O)NC12CC3CC(CC(C3)C1)C2. The third kappa shape index (κ3) is 2.55. The van der Waals surface area contributed by atoms with Gasteiger partial charge in [0.25, 0.3) is 0 Å². The molecule has 1 atom stereocenters. The first kappa shape index (κ1) is 14.5. The molecule has 4 aliphatic rings. The highest BCUT2D eigenvalue weighted by Gasteiger charge is 2.51. The van der Waals surface area contributed by atoms with E-state index in [-0.39, 0.29) is 16.7 Å². The molecule has 1 N–H and O–H groups in total. The molecular formula is C16H24N4OS. The lowest BCUT2D eigenvalue weighted by molar-refractivity contribution is -0.126. The number of hydrogen-bond donors (Lipinski definition) is 1. The van der Waals surface area contributed by atoms with Crippen LogP contribution in [0.15, 0.2) is 11.5 Å². The normalized spacial score (nSPS) is 37.3. The van der Waals surface area contributed by atoms with E-state index in [1.807, 2.05) is 18.5 Å². The molecule has 6 heteroatoms. The standard InChI is InChI=1S/C16H24N4OS/c1-10(22-15-19-17-9-20(15)2)14(21)18-16-6-11-3-12(7-16)5-13(4-11)8-16/h9-13H,3-8H2,1-2H3,(H,18,21)/t10-,11?,12?,13?,16?/m0/s1. The molecule has 4 saturated carbocycles. The number of aromatic nitrogens is 3. The number of hydrogen-bond acceptors (Lipinski definition) is 4. The van der Waals surface area contributed by atoms with E-state index < -0.39 is 0 Å². The van der Waals surface area contributed by atoms with Gasteiger partial charge in [-0.2, -0.15) is 0 Å². The van der Waals surface area contributed by atoms with Gasteiger partial charge in [-0.1, -0.05) is 11.8 Å². The van der Waals surface area contributed by atoms with E-state index in [9.17, 15) is 4.79 Å². The van der Waals surface area contributed by atoms with E-state index in [4.69, 9.17) is 0 Å². The largest absolute Gasteiger partial charge is 0.350 e. The lowest BCUT2D eigenvalue weighted by Crippen LogP contribution is -2.60. The summed E-state index contributed by atoms with van der Waals surface area (Å²) in [5.41, 5.74) is 0.0978. The minimum absolute atomic E-state index is 0.0978. The minimum Gasteiger partial charge on any atom is -0.350 e. The van der Waals surface area contributed by atoms with Crippen molar-refractivity contribution in [2.75, 3.05) is 0 Å². The van der Waals surface area contributed by atoms with Gasteiger partial charge in [-0.05, 0) is 63.2 Å². The highest BCUT2D eigenvalue weighted by atomic mass is 32.2. The van der Waals surface area contributed by atoms with Crippen molar-refractivity contribution >= 4 is 17.7 Å². The van der Waals surface area contributed by atoms with Crippen LogP contribution in [0, 0.1) is 17.8 Å². The molecule has 4 fully saturated rings. The Kier molecular flexibility index (Phi) is 3.47. The van der Waals surface area contributed by atoms with E-state index in [1.54, 1.807) is 6.33 Å². The fraction of sp³-hybridized carbons (Fsp3) is 0.812. The van der Waals surface area contributed by atoms with Crippen LogP contribution >= 0.6 is 11.8 Å². The van der Waals surface area contributed by atoms with E-state index in [1.165, 1.54) is 50.3 Å². The molecular weight excluding hydrogens is 296 g/mol. The fourth-order valence-electron chi connectivity index (χ4n) is 5.22. The molecule has 0 unspecified atom stereocenters. The minimum atomic E-state index is -0.129. The van der Waals surface area contributed by atoms with Crippen molar-refractivity contribution < 1.29 is 4.79 Å². The molecule has 0 aliphatic heterocycles. The van der Waals surface area contributed by atoms with Crippen LogP contribution in [-0.4, -0.2) is 31.5 Å². The van der Waals surface area contributed by atoms with Crippen molar-refractivity contribution in [2.45, 2.75) is 61.4 Å². The number of thioether (sulfide) groups is 1. The van der Waals surface area contributed by atoms with Crippen LogP contribution < -0.4 is 5.32 Å². The summed E-state index contributed by atoms with van der Waals surface area (Å²) < 4.78 is 1.86. The van der Waals surface area contributed by atoms with Crippen LogP contribution in [-0.2, 0) is 11.8 Å². The number of nitrogens with one attached hydrogen (secondary N) is 1. The van der Waals surface area contributed by atoms with Gasteiger partial charge in [0.2, 0.25) is 5.91 Å². The summed E-state index contributed by atoms with van der Waals surface area (Å²) in [7, 11) is 1.91. The molecule has 0 saturated heterocycles. The summed E-state index contributed by atoms with van der Waals surface area (Å²) in [5.74, 6) is 2.73. The van der Waals surface area contributed by atoms with Crippen molar-refractivity contribution in [1.82, 2.24) is 20.1 Å². The predicted molar refractivity (Wildman–Crippen MR) is 85.4 cm³/mol. The third-order valence-electron chi connectivity index (χ3n) is 5.75. The zero-order valence-electron chi connectivity index (χ0n) is 13.3. The monoisotopic (exact) mass is 320 g/mol. The summed E-state index contributed by atoms with van der Waals surface area (Å²) in [5, 5.41) is 12.0. The summed E-state index contributed by atoms with van der Waals surface area (Å²) >= 11 is 1.49. The Hall–Kier alpha value is -1.04. The summed E-state index contributed by atoms with van der Waals surface area (Å²) in [6.07, 6.45) is 9.48. The molecule has 1 heterocycles. The van der Waals surface area contributed by atoms with E-state index >= 15 is 0 Å². The van der Waals surface area contributed by atoms with Crippen molar-refractivity contribution in [3.05, 3.63) is 6.33 Å². The van der Waals surface area contributed by atoms with Crippen molar-refractivity contribution in [1.29, 1.82) is 0 Å². The number of amides is 1. The van der Waals surface area contributed by atoms with Crippen LogP contribution in [0.5, 0.6) is 0 Å². The van der Waals surface area contributed by atoms with Crippen molar-refractivity contribution in [3.8, 4) is 0 Å². The Morgan fingerprint density at radius 1 is 1.32 bits per heavy atom. The van der Waals surface area contributed by atoms with Gasteiger partial charge in [-0.3, -0.25) is 4.79 Å². The first-order valence-electron chi connectivity index (χ1n) is 8.36. The van der Waals surface area contributed by atoms with Gasteiger partial charge in [-0.25, -0.2) is 0 Å². The molecule has 1 aromatic rings. The molecule has 5 nitrogen and oxygen atoms in total. The van der Waals surface area contributed by atoms with Gasteiger partial charge >= 0.3 is 0 Å². The maximum atomic E-state index is 12.7. The van der Waals surface area contributed by atoms with Gasteiger partial charge in [0.15, 0.2) is 5.16 Å². The van der Waals surface area contributed by atoms with Gasteiger partial charge in [-0.15, -0.1) is 10.2 Å². The number of rotatable bonds is 4. The molecule has 22 heavy (non-hydrogen) atoms. The molecule has 5 rings (SSSR count). The molecule has 0 radical (unpaired) electrons. The maximum absolute atomic E-state index is 12.7. The van der Waals surface area contributed by atoms with Crippen LogP contribution in [0.2, 0.25) is 0 Å². The van der Waals surface area contributed by atoms with Gasteiger partial charge in [0, 0.05) is 12.6 Å². The molecule has 0 aromatic carbocycles. The van der Waals surface area contributed by atoms with E-state index in [2.05, 4.69) is 15.5 Å². The quantitative estimate of drug-likeness (QED) is 0.865. The Balaban J connectivity index is 1.42. The second kappa shape index (κ2) is 5.25. The van der Waals surface area contributed by atoms with Gasteiger partial charge < -0.3 is 9.88 Å². The summed E-state index contributed by atoms with van der Waals surface area (Å²) in [4.78, 5) is 12.7. The number of aryl methyl sites for hydroxylation is 1. The molecule has 4 aliphatic carbocycles. The first-order valence-corrected chi connectivity index (χ1v) is 9.24. The molecule has 120 valence electrons. The Bertz CT molecular complexity index is 549. The number of carbonyl (C=O) groups excluding carboxylic acids is 1. The van der Waals surface area contributed by atoms with Crippen LogP contribution in [0.1, 0.15) is 45.4 Å². The predicted octanol–water partition coefficient (Wildman–Crippen LogP) is 2.38. The highest BCUT2D eigenvalue weighted by Crippen LogP contribution is 2.55. The second-order valence-electron chi connectivity index (χ2n) is 7.67. The van der Waals surface area contributed by atoms with Crippen LogP contribution in [0.4, 0.5) is 0 Å². The molecule has 1 aromatic heterocycles. The lowest BCUT2D eigenvalue weighted by Gasteiger charge is -2.57. The van der Waals surface area contributed by atoms with E-state index in [0.717, 1.165) is 22.9 Å². The highest BCUT2D eigenvalue weighted by molar-refractivity contribution is 8.00. The Morgan fingerprint density at radius 3 is 2.41 bits per heavy atom. The van der Waals surface area contributed by atoms with Gasteiger partial charge in [0.1, 0.15) is 6.33 Å². The zero-order valence-corrected chi connectivity index (χ0v) is 14.1. The number of carbonyl (C=O) groups is 1. The van der Waals surface area contributed by atoms with Gasteiger partial charge in [0.05, 0.1) is 5.25 Å². The van der Waals surface area contributed by atoms with Crippen molar-refractivity contribution in [2.24, 2.45) is 24.8 Å². The third-order valence-corrected chi connectivity index (χ3v) is 6.90. The summed E-state index contributed by atoms with van der Waals surface area (Å²) in [6.45, 7) is 1.97. The Labute approximate surface area is 135 Å². The Morgan fingerprint density at radius 2 is 1.91 bits per heavy atom. The smallest absolute Gasteiger partial charge is 0.233 e. The molecule has 4 bridgehead atoms. The van der Waals surface area contributed by atoms with Crippen LogP contribution in [0.3, 0.4) is 0 Å². The molecule has 1 amide bonds. The summed E-state index contributed by atoms with van der Waals surface area (Å²) in [6, 6.07) is 0. The van der Waals surface area contributed by atoms with E-state index in [0.29, 0.717) is 0 Å². The second-order valence-corrected chi connectivity index (χ2v) is 8.98. The fourth-order valence-corrected chi connectivity index (χ4v) is 6.01. The zero-order chi connectivity index (χ0) is 15.3. The van der Waals surface area contributed by atoms with Crippen LogP contribution in [0.25, 0.3) is 0 Å². The average Bonchev–Trinajstić information content (AvgIpc) is 2.82. The molecule has 0 spiro atoms. The van der Waals surface area contributed by atoms with Crippen molar-refractivity contribution in [3.63, 3.8) is 0 Å². The topological polar surface area (TPSA) is 59.8 Å². The first-order chi connectivity index (χ1) is 10.5. The maximum Gasteiger partial charge on any atom is 0.233 e.